The summed E-state index contributed by atoms with van der Waals surface area (Å²) in [6.07, 6.45) is 2.50. The number of aliphatic hydroxyl groups excluding tert-OH is 1. The van der Waals surface area contributed by atoms with Crippen LogP contribution in [0.2, 0.25) is 10.0 Å². The summed E-state index contributed by atoms with van der Waals surface area (Å²) in [6, 6.07) is 5.65. The molecule has 3 heteroatoms. The Morgan fingerprint density at radius 1 is 1.16 bits per heavy atom. The van der Waals surface area contributed by atoms with Gasteiger partial charge in [0.05, 0.1) is 6.10 Å². The van der Waals surface area contributed by atoms with Crippen molar-refractivity contribution in [1.82, 2.24) is 0 Å². The van der Waals surface area contributed by atoms with Crippen LogP contribution in [0.15, 0.2) is 18.2 Å². The molecule has 0 amide bonds. The molecule has 0 heterocycles. The van der Waals surface area contributed by atoms with Crippen LogP contribution in [0.3, 0.4) is 0 Å². The summed E-state index contributed by atoms with van der Waals surface area (Å²) in [4.78, 5) is 0. The van der Waals surface area contributed by atoms with Gasteiger partial charge >= 0.3 is 0 Å². The standard InChI is InChI=1S/C16H24Cl2O/c1-11(5-8-15(19)16(2,3)4)9-12-6-7-13(17)10-14(12)18/h6-7,10-11,15,19H,5,8-9H2,1-4H3/t11-,15+/m1/s1. The van der Waals surface area contributed by atoms with Crippen molar-refractivity contribution >= 4 is 23.2 Å². The van der Waals surface area contributed by atoms with Crippen molar-refractivity contribution in [2.75, 3.05) is 0 Å². The van der Waals surface area contributed by atoms with Crippen LogP contribution in [0, 0.1) is 11.3 Å². The molecule has 1 rings (SSSR count). The molecule has 0 fully saturated rings. The van der Waals surface area contributed by atoms with Crippen molar-refractivity contribution < 1.29 is 5.11 Å². The van der Waals surface area contributed by atoms with E-state index in [1.807, 2.05) is 12.1 Å². The molecule has 0 saturated carbocycles. The highest BCUT2D eigenvalue weighted by molar-refractivity contribution is 6.35. The molecule has 0 spiro atoms. The highest BCUT2D eigenvalue weighted by Crippen LogP contribution is 2.27. The van der Waals surface area contributed by atoms with Crippen LogP contribution in [0.25, 0.3) is 0 Å². The second kappa shape index (κ2) is 6.97. The molecule has 0 unspecified atom stereocenters. The first-order valence-corrected chi connectivity index (χ1v) is 7.57. The van der Waals surface area contributed by atoms with E-state index in [-0.39, 0.29) is 11.5 Å². The molecule has 19 heavy (non-hydrogen) atoms. The first-order chi connectivity index (χ1) is 8.70. The van der Waals surface area contributed by atoms with E-state index in [1.54, 1.807) is 6.07 Å². The maximum absolute atomic E-state index is 10.0. The molecule has 1 N–H and O–H groups in total. The lowest BCUT2D eigenvalue weighted by atomic mass is 9.84. The largest absolute Gasteiger partial charge is 0.393 e. The minimum atomic E-state index is -0.254. The zero-order chi connectivity index (χ0) is 14.6. The second-order valence-corrected chi connectivity index (χ2v) is 7.35. The first kappa shape index (κ1) is 16.8. The maximum Gasteiger partial charge on any atom is 0.0588 e. The average molecular weight is 303 g/mol. The van der Waals surface area contributed by atoms with Crippen molar-refractivity contribution in [2.24, 2.45) is 11.3 Å². The molecule has 1 nitrogen and oxygen atoms in total. The molecule has 0 aliphatic heterocycles. The molecule has 1 aromatic carbocycles. The van der Waals surface area contributed by atoms with Gasteiger partial charge in [0, 0.05) is 10.0 Å². The molecule has 0 radical (unpaired) electrons. The van der Waals surface area contributed by atoms with Gasteiger partial charge in [-0.3, -0.25) is 0 Å². The van der Waals surface area contributed by atoms with E-state index in [0.717, 1.165) is 29.8 Å². The summed E-state index contributed by atoms with van der Waals surface area (Å²) in [7, 11) is 0. The minimum absolute atomic E-state index is 0.0440. The van der Waals surface area contributed by atoms with E-state index >= 15 is 0 Å². The summed E-state index contributed by atoms with van der Waals surface area (Å²) in [5.41, 5.74) is 1.08. The average Bonchev–Trinajstić information content (AvgIpc) is 2.28. The van der Waals surface area contributed by atoms with Gasteiger partial charge in [-0.1, -0.05) is 57.0 Å². The zero-order valence-corrected chi connectivity index (χ0v) is 13.7. The molecular weight excluding hydrogens is 279 g/mol. The Balaban J connectivity index is 2.49. The van der Waals surface area contributed by atoms with E-state index in [9.17, 15) is 5.11 Å². The second-order valence-electron chi connectivity index (χ2n) is 6.50. The lowest BCUT2D eigenvalue weighted by molar-refractivity contribution is 0.0505. The first-order valence-electron chi connectivity index (χ1n) is 6.82. The number of hydrogen-bond acceptors (Lipinski definition) is 1. The van der Waals surface area contributed by atoms with E-state index in [1.165, 1.54) is 0 Å². The van der Waals surface area contributed by atoms with Crippen LogP contribution in [0.1, 0.15) is 46.1 Å². The van der Waals surface area contributed by atoms with Gasteiger partial charge < -0.3 is 5.11 Å². The summed E-state index contributed by atoms with van der Waals surface area (Å²) in [6.45, 7) is 8.40. The predicted molar refractivity (Wildman–Crippen MR) is 84.0 cm³/mol. The van der Waals surface area contributed by atoms with Gasteiger partial charge in [0.2, 0.25) is 0 Å². The quantitative estimate of drug-likeness (QED) is 0.776. The molecule has 0 aliphatic carbocycles. The topological polar surface area (TPSA) is 20.2 Å². The lowest BCUT2D eigenvalue weighted by Gasteiger charge is -2.26. The van der Waals surface area contributed by atoms with Crippen molar-refractivity contribution in [3.05, 3.63) is 33.8 Å². The van der Waals surface area contributed by atoms with Crippen LogP contribution in [-0.4, -0.2) is 11.2 Å². The fourth-order valence-electron chi connectivity index (χ4n) is 2.04. The Labute approximate surface area is 126 Å². The van der Waals surface area contributed by atoms with Gasteiger partial charge in [-0.2, -0.15) is 0 Å². The molecule has 0 aliphatic rings. The van der Waals surface area contributed by atoms with Gasteiger partial charge in [-0.15, -0.1) is 0 Å². The number of benzene rings is 1. The zero-order valence-electron chi connectivity index (χ0n) is 12.2. The van der Waals surface area contributed by atoms with Crippen molar-refractivity contribution in [2.45, 2.75) is 53.1 Å². The number of halogens is 2. The van der Waals surface area contributed by atoms with Gasteiger partial charge in [-0.25, -0.2) is 0 Å². The summed E-state index contributed by atoms with van der Waals surface area (Å²) in [5, 5.41) is 11.5. The van der Waals surface area contributed by atoms with Crippen LogP contribution in [-0.2, 0) is 6.42 Å². The molecule has 108 valence electrons. The van der Waals surface area contributed by atoms with Crippen molar-refractivity contribution in [3.8, 4) is 0 Å². The fraction of sp³-hybridized carbons (Fsp3) is 0.625. The smallest absolute Gasteiger partial charge is 0.0588 e. The molecule has 0 bridgehead atoms. The van der Waals surface area contributed by atoms with Crippen LogP contribution in [0.4, 0.5) is 0 Å². The lowest BCUT2D eigenvalue weighted by Crippen LogP contribution is -2.26. The predicted octanol–water partition coefficient (Wildman–Crippen LogP) is 5.36. The van der Waals surface area contributed by atoms with Gasteiger partial charge in [0.15, 0.2) is 0 Å². The number of hydrogen-bond donors (Lipinski definition) is 1. The molecule has 1 aromatic rings. The Hall–Kier alpha value is -0.240. The SMILES string of the molecule is C[C@H](CC[C@H](O)C(C)(C)C)Cc1ccc(Cl)cc1Cl. The number of aliphatic hydroxyl groups is 1. The third kappa shape index (κ3) is 5.72. The van der Waals surface area contributed by atoms with E-state index < -0.39 is 0 Å². The third-order valence-corrected chi connectivity index (χ3v) is 4.10. The third-order valence-electron chi connectivity index (χ3n) is 3.52. The molecule has 2 atom stereocenters. The van der Waals surface area contributed by atoms with E-state index in [0.29, 0.717) is 10.9 Å². The number of rotatable bonds is 5. The summed E-state index contributed by atoms with van der Waals surface area (Å²) >= 11 is 12.1. The normalized spacial score (nSPS) is 15.3. The minimum Gasteiger partial charge on any atom is -0.393 e. The summed E-state index contributed by atoms with van der Waals surface area (Å²) in [5.74, 6) is 0.496. The molecular formula is C16H24Cl2O. The maximum atomic E-state index is 10.0. The summed E-state index contributed by atoms with van der Waals surface area (Å²) < 4.78 is 0. The Kier molecular flexibility index (Phi) is 6.16. The Morgan fingerprint density at radius 3 is 2.32 bits per heavy atom. The van der Waals surface area contributed by atoms with Gasteiger partial charge in [0.1, 0.15) is 0 Å². The van der Waals surface area contributed by atoms with Gasteiger partial charge in [-0.05, 0) is 48.3 Å². The molecule has 0 saturated heterocycles. The monoisotopic (exact) mass is 302 g/mol. The van der Waals surface area contributed by atoms with Crippen molar-refractivity contribution in [3.63, 3.8) is 0 Å². The Morgan fingerprint density at radius 2 is 1.79 bits per heavy atom. The van der Waals surface area contributed by atoms with Crippen LogP contribution < -0.4 is 0 Å². The van der Waals surface area contributed by atoms with Crippen LogP contribution >= 0.6 is 23.2 Å². The molecule has 0 aromatic heterocycles. The fourth-order valence-corrected chi connectivity index (χ4v) is 2.53. The van der Waals surface area contributed by atoms with Crippen molar-refractivity contribution in [1.29, 1.82) is 0 Å². The van der Waals surface area contributed by atoms with E-state index in [4.69, 9.17) is 23.2 Å². The Bertz CT molecular complexity index is 410. The van der Waals surface area contributed by atoms with E-state index in [2.05, 4.69) is 27.7 Å². The highest BCUT2D eigenvalue weighted by Gasteiger charge is 2.22. The van der Waals surface area contributed by atoms with Gasteiger partial charge in [0.25, 0.3) is 0 Å². The van der Waals surface area contributed by atoms with Crippen LogP contribution in [0.5, 0.6) is 0 Å². The highest BCUT2D eigenvalue weighted by atomic mass is 35.5.